The fourth-order valence-electron chi connectivity index (χ4n) is 3.13. The summed E-state index contributed by atoms with van der Waals surface area (Å²) in [7, 11) is 2.96. The van der Waals surface area contributed by atoms with Gasteiger partial charge in [-0.2, -0.15) is 0 Å². The maximum absolute atomic E-state index is 12.7. The van der Waals surface area contributed by atoms with Crippen molar-refractivity contribution in [2.75, 3.05) is 34.0 Å². The second-order valence-electron chi connectivity index (χ2n) is 7.01. The molecule has 0 bridgehead atoms. The molecule has 3 aromatic rings. The van der Waals surface area contributed by atoms with Crippen LogP contribution in [0.25, 0.3) is 11.3 Å². The summed E-state index contributed by atoms with van der Waals surface area (Å²) in [6.45, 7) is -0.301. The molecule has 3 rings (SSSR count). The molecular formula is C26H24N2O6. The summed E-state index contributed by atoms with van der Waals surface area (Å²) >= 11 is 0. The van der Waals surface area contributed by atoms with Gasteiger partial charge in [0.15, 0.2) is 17.3 Å². The minimum Gasteiger partial charge on any atom is -0.494 e. The number of hydrogen-bond acceptors (Lipinski definition) is 7. The van der Waals surface area contributed by atoms with E-state index in [1.807, 2.05) is 0 Å². The molecule has 0 unspecified atom stereocenters. The van der Waals surface area contributed by atoms with Crippen LogP contribution in [0.5, 0.6) is 17.2 Å². The third-order valence-electron chi connectivity index (χ3n) is 4.87. The Hall–Kier alpha value is -4.35. The van der Waals surface area contributed by atoms with Crippen LogP contribution in [0, 0.1) is 12.3 Å². The number of ether oxygens (including phenoxy) is 3. The quantitative estimate of drug-likeness (QED) is 0.354. The van der Waals surface area contributed by atoms with E-state index in [0.29, 0.717) is 22.9 Å². The standard InChI is InChI=1S/C26H24N2O6/c1-4-17-5-7-18(8-6-17)25-23(32-2)12-10-20(28-25)21(30)16-27-26(31)19-9-11-22(34-14-13-29)24(15-19)33-3/h1,5-12,15,29H,13-14,16H2,2-3H3,(H,27,31). The number of nitrogens with zero attached hydrogens (tertiary/aromatic N) is 1. The zero-order chi connectivity index (χ0) is 24.5. The molecule has 1 heterocycles. The smallest absolute Gasteiger partial charge is 0.251 e. The highest BCUT2D eigenvalue weighted by atomic mass is 16.5. The van der Waals surface area contributed by atoms with Gasteiger partial charge in [0.2, 0.25) is 0 Å². The molecule has 0 fully saturated rings. The fraction of sp³-hybridized carbons (Fsp3) is 0.192. The van der Waals surface area contributed by atoms with Crippen LogP contribution < -0.4 is 19.5 Å². The number of benzene rings is 2. The van der Waals surface area contributed by atoms with E-state index in [1.54, 1.807) is 48.5 Å². The van der Waals surface area contributed by atoms with Crippen LogP contribution in [-0.4, -0.2) is 55.8 Å². The second-order valence-corrected chi connectivity index (χ2v) is 7.01. The average Bonchev–Trinajstić information content (AvgIpc) is 2.89. The van der Waals surface area contributed by atoms with Crippen LogP contribution >= 0.6 is 0 Å². The van der Waals surface area contributed by atoms with Gasteiger partial charge in [0, 0.05) is 16.7 Å². The van der Waals surface area contributed by atoms with Gasteiger partial charge < -0.3 is 24.6 Å². The Morgan fingerprint density at radius 2 is 1.71 bits per heavy atom. The lowest BCUT2D eigenvalue weighted by Gasteiger charge is -2.12. The molecule has 8 nitrogen and oxygen atoms in total. The number of terminal acetylenes is 1. The van der Waals surface area contributed by atoms with Gasteiger partial charge in [-0.15, -0.1) is 6.42 Å². The number of aromatic nitrogens is 1. The summed E-state index contributed by atoms with van der Waals surface area (Å²) in [5.41, 5.74) is 2.43. The van der Waals surface area contributed by atoms with E-state index in [9.17, 15) is 9.59 Å². The van der Waals surface area contributed by atoms with Gasteiger partial charge in [0.1, 0.15) is 23.7 Å². The molecule has 2 aromatic carbocycles. The van der Waals surface area contributed by atoms with Crippen molar-refractivity contribution < 1.29 is 28.9 Å². The molecule has 1 aromatic heterocycles. The highest BCUT2D eigenvalue weighted by Crippen LogP contribution is 2.29. The Balaban J connectivity index is 1.73. The molecule has 0 saturated heterocycles. The minimum atomic E-state index is -0.459. The summed E-state index contributed by atoms with van der Waals surface area (Å²) in [6.07, 6.45) is 5.41. The molecule has 0 saturated carbocycles. The van der Waals surface area contributed by atoms with E-state index in [2.05, 4.69) is 16.2 Å². The molecule has 0 spiro atoms. The first-order chi connectivity index (χ1) is 16.5. The van der Waals surface area contributed by atoms with Crippen LogP contribution in [0.2, 0.25) is 0 Å². The molecule has 0 radical (unpaired) electrons. The molecule has 2 N–H and O–H groups in total. The molecular weight excluding hydrogens is 436 g/mol. The number of rotatable bonds is 10. The monoisotopic (exact) mass is 460 g/mol. The number of aliphatic hydroxyl groups excluding tert-OH is 1. The van der Waals surface area contributed by atoms with E-state index in [1.165, 1.54) is 20.3 Å². The van der Waals surface area contributed by atoms with Gasteiger partial charge in [-0.3, -0.25) is 9.59 Å². The molecule has 34 heavy (non-hydrogen) atoms. The number of methoxy groups -OCH3 is 2. The Labute approximate surface area is 197 Å². The van der Waals surface area contributed by atoms with Gasteiger partial charge in [-0.1, -0.05) is 18.1 Å². The third-order valence-corrected chi connectivity index (χ3v) is 4.87. The molecule has 0 atom stereocenters. The van der Waals surface area contributed by atoms with Crippen LogP contribution in [0.4, 0.5) is 0 Å². The Kier molecular flexibility index (Phi) is 8.21. The molecule has 0 aliphatic rings. The predicted octanol–water partition coefficient (Wildman–Crippen LogP) is 2.73. The first-order valence-electron chi connectivity index (χ1n) is 10.4. The highest BCUT2D eigenvalue weighted by molar-refractivity contribution is 6.01. The van der Waals surface area contributed by atoms with Crippen molar-refractivity contribution >= 4 is 11.7 Å². The lowest BCUT2D eigenvalue weighted by molar-refractivity contribution is 0.0902. The number of ketones is 1. The van der Waals surface area contributed by atoms with Crippen LogP contribution in [-0.2, 0) is 0 Å². The minimum absolute atomic E-state index is 0.0985. The van der Waals surface area contributed by atoms with Gasteiger partial charge in [0.05, 0.1) is 27.4 Å². The maximum atomic E-state index is 12.7. The summed E-state index contributed by atoms with van der Waals surface area (Å²) in [4.78, 5) is 29.8. The van der Waals surface area contributed by atoms with E-state index < -0.39 is 5.91 Å². The molecule has 0 aliphatic heterocycles. The number of nitrogens with one attached hydrogen (secondary N) is 1. The summed E-state index contributed by atoms with van der Waals surface area (Å²) in [5, 5.41) is 11.5. The average molecular weight is 460 g/mol. The molecule has 0 aliphatic carbocycles. The van der Waals surface area contributed by atoms with Crippen molar-refractivity contribution in [3.05, 3.63) is 71.4 Å². The van der Waals surface area contributed by atoms with Gasteiger partial charge in [0.25, 0.3) is 5.91 Å². The summed E-state index contributed by atoms with van der Waals surface area (Å²) < 4.78 is 16.0. The molecule has 1 amide bonds. The van der Waals surface area contributed by atoms with Gasteiger partial charge in [-0.25, -0.2) is 4.98 Å². The van der Waals surface area contributed by atoms with E-state index in [4.69, 9.17) is 25.7 Å². The van der Waals surface area contributed by atoms with E-state index in [-0.39, 0.29) is 36.8 Å². The SMILES string of the molecule is C#Cc1ccc(-c2nc(C(=O)CNC(=O)c3ccc(OCCO)c(OC)c3)ccc2OC)cc1. The Bertz CT molecular complexity index is 1210. The van der Waals surface area contributed by atoms with Crippen molar-refractivity contribution in [1.82, 2.24) is 10.3 Å². The number of aliphatic hydroxyl groups is 1. The fourth-order valence-corrected chi connectivity index (χ4v) is 3.13. The number of amides is 1. The number of carbonyl (C=O) groups is 2. The van der Waals surface area contributed by atoms with Crippen molar-refractivity contribution in [3.8, 4) is 40.8 Å². The topological polar surface area (TPSA) is 107 Å². The number of carbonyl (C=O) groups excluding carboxylic acids is 2. The Morgan fingerprint density at radius 1 is 1.00 bits per heavy atom. The first-order valence-corrected chi connectivity index (χ1v) is 10.4. The number of hydrogen-bond donors (Lipinski definition) is 2. The largest absolute Gasteiger partial charge is 0.494 e. The van der Waals surface area contributed by atoms with Crippen molar-refractivity contribution in [3.63, 3.8) is 0 Å². The second kappa shape index (κ2) is 11.5. The zero-order valence-corrected chi connectivity index (χ0v) is 18.8. The lowest BCUT2D eigenvalue weighted by Crippen LogP contribution is -2.30. The van der Waals surface area contributed by atoms with Crippen molar-refractivity contribution in [1.29, 1.82) is 0 Å². The molecule has 8 heteroatoms. The maximum Gasteiger partial charge on any atom is 0.251 e. The van der Waals surface area contributed by atoms with Crippen LogP contribution in [0.15, 0.2) is 54.6 Å². The van der Waals surface area contributed by atoms with Crippen molar-refractivity contribution in [2.24, 2.45) is 0 Å². The van der Waals surface area contributed by atoms with Gasteiger partial charge >= 0.3 is 0 Å². The Morgan fingerprint density at radius 3 is 2.35 bits per heavy atom. The third kappa shape index (κ3) is 5.71. The van der Waals surface area contributed by atoms with Crippen LogP contribution in [0.1, 0.15) is 26.4 Å². The van der Waals surface area contributed by atoms with Gasteiger partial charge in [-0.05, 0) is 42.5 Å². The molecule has 174 valence electrons. The summed E-state index contributed by atoms with van der Waals surface area (Å²) in [6, 6.07) is 15.0. The van der Waals surface area contributed by atoms with Crippen molar-refractivity contribution in [2.45, 2.75) is 0 Å². The van der Waals surface area contributed by atoms with E-state index >= 15 is 0 Å². The first kappa shape index (κ1) is 24.3. The number of pyridine rings is 1. The predicted molar refractivity (Wildman–Crippen MR) is 126 cm³/mol. The summed E-state index contributed by atoms with van der Waals surface area (Å²) in [5.74, 6) is 2.97. The van der Waals surface area contributed by atoms with Crippen LogP contribution in [0.3, 0.4) is 0 Å². The zero-order valence-electron chi connectivity index (χ0n) is 18.8. The van der Waals surface area contributed by atoms with E-state index in [0.717, 1.165) is 11.1 Å². The number of Topliss-reactive ketones (excluding diaryl/α,β-unsaturated/α-hetero) is 1. The normalized spacial score (nSPS) is 10.2. The lowest BCUT2D eigenvalue weighted by atomic mass is 10.1. The highest BCUT2D eigenvalue weighted by Gasteiger charge is 2.16.